The predicted molar refractivity (Wildman–Crippen MR) is 131 cm³/mol. The molecule has 0 fully saturated rings. The molecule has 1 atom stereocenters. The van der Waals surface area contributed by atoms with Crippen molar-refractivity contribution in [1.82, 2.24) is 20.1 Å². The predicted octanol–water partition coefficient (Wildman–Crippen LogP) is 4.49. The molecule has 4 aromatic rings. The molecule has 1 unspecified atom stereocenters. The smallest absolute Gasteiger partial charge is 0.405 e. The highest BCUT2D eigenvalue weighted by Gasteiger charge is 2.25. The largest absolute Gasteiger partial charge is 0.465 e. The summed E-state index contributed by atoms with van der Waals surface area (Å²) in [5.74, 6) is -1.55. The molecule has 0 bridgehead atoms. The number of fused-ring (bicyclic) bond motifs is 1. The van der Waals surface area contributed by atoms with E-state index in [1.807, 2.05) is 0 Å². The molecule has 2 aromatic heterocycles. The average Bonchev–Trinajstić information content (AvgIpc) is 3.08. The van der Waals surface area contributed by atoms with Gasteiger partial charge in [0.15, 0.2) is 5.82 Å². The topological polar surface area (TPSA) is 126 Å². The minimum absolute atomic E-state index is 0.0303. The number of benzene rings is 2. The van der Waals surface area contributed by atoms with E-state index < -0.39 is 33.8 Å². The number of amides is 1. The van der Waals surface area contributed by atoms with Crippen LogP contribution in [-0.2, 0) is 23.5 Å². The Balaban J connectivity index is 1.90. The molecule has 188 valence electrons. The Morgan fingerprint density at radius 2 is 1.86 bits per heavy atom. The van der Waals surface area contributed by atoms with E-state index in [1.54, 1.807) is 31.3 Å². The summed E-state index contributed by atoms with van der Waals surface area (Å²) in [7, 11) is -2.05. The van der Waals surface area contributed by atoms with Gasteiger partial charge in [-0.15, -0.1) is 0 Å². The maximum atomic E-state index is 13.8. The van der Waals surface area contributed by atoms with Crippen LogP contribution in [0.1, 0.15) is 17.3 Å². The number of hydrogen-bond acceptors (Lipinski definition) is 5. The number of hydrogen-bond donors (Lipinski definition) is 3. The number of nitrogens with zero attached hydrogens (tertiary/aromatic N) is 3. The number of pyridine rings is 1. The lowest BCUT2D eigenvalue weighted by Crippen LogP contribution is -2.29. The van der Waals surface area contributed by atoms with Crippen molar-refractivity contribution in [3.63, 3.8) is 0 Å². The van der Waals surface area contributed by atoms with E-state index in [9.17, 15) is 27.1 Å². The summed E-state index contributed by atoms with van der Waals surface area (Å²) in [6.07, 6.45) is 1.01. The van der Waals surface area contributed by atoms with Crippen molar-refractivity contribution in [2.24, 2.45) is 7.05 Å². The summed E-state index contributed by atoms with van der Waals surface area (Å²) in [6.45, 7) is 0. The zero-order chi connectivity index (χ0) is 26.2. The van der Waals surface area contributed by atoms with Gasteiger partial charge in [0.25, 0.3) is 0 Å². The fraction of sp³-hybridized carbons (Fsp3) is 0.174. The maximum Gasteiger partial charge on any atom is 0.405 e. The van der Waals surface area contributed by atoms with Gasteiger partial charge in [0.2, 0.25) is 10.0 Å². The summed E-state index contributed by atoms with van der Waals surface area (Å²) in [5.41, 5.74) is 2.01. The lowest BCUT2D eigenvalue weighted by Gasteiger charge is -2.20. The molecule has 0 saturated carbocycles. The van der Waals surface area contributed by atoms with Crippen LogP contribution in [0.25, 0.3) is 22.0 Å². The Kier molecular flexibility index (Phi) is 6.83. The summed E-state index contributed by atoms with van der Waals surface area (Å²) in [5, 5.41) is 16.7. The number of aryl methyl sites for hydroxylation is 1. The van der Waals surface area contributed by atoms with Gasteiger partial charge in [0.1, 0.15) is 11.6 Å². The van der Waals surface area contributed by atoms with Crippen LogP contribution in [0.3, 0.4) is 0 Å². The number of halogens is 3. The Bertz CT molecular complexity index is 1570. The third-order valence-corrected chi connectivity index (χ3v) is 6.22. The summed E-state index contributed by atoms with van der Waals surface area (Å²) >= 11 is 6.41. The average molecular weight is 536 g/mol. The number of carbonyl (C=O) groups is 1. The van der Waals surface area contributed by atoms with E-state index in [-0.39, 0.29) is 28.5 Å². The highest BCUT2D eigenvalue weighted by atomic mass is 35.5. The highest BCUT2D eigenvalue weighted by Crippen LogP contribution is 2.39. The van der Waals surface area contributed by atoms with E-state index in [1.165, 1.54) is 10.9 Å². The van der Waals surface area contributed by atoms with Crippen molar-refractivity contribution in [3.8, 4) is 11.1 Å². The molecule has 9 nitrogen and oxygen atoms in total. The fourth-order valence-electron chi connectivity index (χ4n) is 4.09. The molecule has 0 spiro atoms. The Hall–Kier alpha value is -3.77. The van der Waals surface area contributed by atoms with E-state index in [2.05, 4.69) is 20.1 Å². The first-order valence-electron chi connectivity index (χ1n) is 10.5. The molecule has 0 radical (unpaired) electrons. The molecule has 4 rings (SSSR count). The van der Waals surface area contributed by atoms with E-state index >= 15 is 0 Å². The highest BCUT2D eigenvalue weighted by molar-refractivity contribution is 7.92. The second kappa shape index (κ2) is 9.70. The minimum Gasteiger partial charge on any atom is -0.465 e. The van der Waals surface area contributed by atoms with Gasteiger partial charge in [-0.2, -0.15) is 5.10 Å². The van der Waals surface area contributed by atoms with Crippen molar-refractivity contribution in [2.75, 3.05) is 11.0 Å². The lowest BCUT2D eigenvalue weighted by molar-refractivity contribution is 0.189. The van der Waals surface area contributed by atoms with Crippen molar-refractivity contribution in [3.05, 3.63) is 76.6 Å². The second-order valence-electron chi connectivity index (χ2n) is 8.09. The quantitative estimate of drug-likeness (QED) is 0.320. The van der Waals surface area contributed by atoms with Gasteiger partial charge in [-0.1, -0.05) is 23.7 Å². The van der Waals surface area contributed by atoms with Crippen LogP contribution >= 0.6 is 11.6 Å². The molecular formula is C23H20ClF2N5O4S. The van der Waals surface area contributed by atoms with Crippen LogP contribution in [0.2, 0.25) is 5.02 Å². The lowest BCUT2D eigenvalue weighted by atomic mass is 9.94. The van der Waals surface area contributed by atoms with Crippen LogP contribution in [0, 0.1) is 11.6 Å². The van der Waals surface area contributed by atoms with Crippen LogP contribution in [0.15, 0.2) is 48.7 Å². The summed E-state index contributed by atoms with van der Waals surface area (Å²) in [6, 6.07) is 8.57. The standard InChI is InChI=1S/C23H20ClF2N5O4S/c1-31-21-16(5-6-17(24)19(21)22(29-31)30-36(2,34)35)15-4-3-7-27-20(15)18(28-23(32)33)10-12-8-13(25)11-14(26)9-12/h3-9,11,18,28H,10H2,1-2H3,(H,29,30)(H,32,33). The van der Waals surface area contributed by atoms with Crippen molar-refractivity contribution >= 4 is 44.4 Å². The van der Waals surface area contributed by atoms with Crippen molar-refractivity contribution in [2.45, 2.75) is 12.5 Å². The monoisotopic (exact) mass is 535 g/mol. The number of nitrogens with one attached hydrogen (secondary N) is 2. The molecule has 13 heteroatoms. The molecular weight excluding hydrogens is 516 g/mol. The number of carboxylic acid groups (broad SMARTS) is 1. The third kappa shape index (κ3) is 5.39. The summed E-state index contributed by atoms with van der Waals surface area (Å²) < 4.78 is 55.1. The fourth-order valence-corrected chi connectivity index (χ4v) is 4.83. The van der Waals surface area contributed by atoms with Gasteiger partial charge in [0, 0.05) is 30.4 Å². The molecule has 0 aliphatic rings. The zero-order valence-corrected chi connectivity index (χ0v) is 20.5. The number of aromatic nitrogens is 3. The Labute approximate surface area is 209 Å². The van der Waals surface area contributed by atoms with Gasteiger partial charge in [-0.3, -0.25) is 14.4 Å². The van der Waals surface area contributed by atoms with Crippen molar-refractivity contribution in [1.29, 1.82) is 0 Å². The first-order chi connectivity index (χ1) is 16.9. The van der Waals surface area contributed by atoms with Gasteiger partial charge in [-0.25, -0.2) is 22.0 Å². The minimum atomic E-state index is -3.66. The Morgan fingerprint density at radius 1 is 1.17 bits per heavy atom. The second-order valence-corrected chi connectivity index (χ2v) is 10.2. The third-order valence-electron chi connectivity index (χ3n) is 5.34. The molecule has 1 amide bonds. The van der Waals surface area contributed by atoms with Crippen molar-refractivity contribution < 1.29 is 27.1 Å². The zero-order valence-electron chi connectivity index (χ0n) is 19.0. The van der Waals surface area contributed by atoms with Gasteiger partial charge in [0.05, 0.1) is 33.9 Å². The Morgan fingerprint density at radius 3 is 2.50 bits per heavy atom. The first-order valence-corrected chi connectivity index (χ1v) is 12.7. The van der Waals surface area contributed by atoms with E-state index in [4.69, 9.17) is 11.6 Å². The molecule has 0 saturated heterocycles. The maximum absolute atomic E-state index is 13.8. The van der Waals surface area contributed by atoms with Crippen LogP contribution in [0.4, 0.5) is 19.4 Å². The normalized spacial score (nSPS) is 12.5. The molecule has 0 aliphatic carbocycles. The van der Waals surface area contributed by atoms with Gasteiger partial charge < -0.3 is 10.4 Å². The van der Waals surface area contributed by atoms with Crippen LogP contribution < -0.4 is 10.0 Å². The van der Waals surface area contributed by atoms with E-state index in [0.29, 0.717) is 22.0 Å². The molecule has 2 aromatic carbocycles. The van der Waals surface area contributed by atoms with Crippen LogP contribution in [-0.4, -0.2) is 40.6 Å². The molecule has 36 heavy (non-hydrogen) atoms. The number of anilines is 1. The molecule has 3 N–H and O–H groups in total. The SMILES string of the molecule is Cn1nc(NS(C)(=O)=O)c2c(Cl)ccc(-c3cccnc3C(Cc3cc(F)cc(F)c3)NC(=O)O)c21. The van der Waals surface area contributed by atoms with Crippen LogP contribution in [0.5, 0.6) is 0 Å². The van der Waals surface area contributed by atoms with Gasteiger partial charge >= 0.3 is 6.09 Å². The van der Waals surface area contributed by atoms with Gasteiger partial charge in [-0.05, 0) is 36.2 Å². The van der Waals surface area contributed by atoms with E-state index in [0.717, 1.165) is 24.5 Å². The first kappa shape index (κ1) is 25.3. The number of sulfonamides is 1. The summed E-state index contributed by atoms with van der Waals surface area (Å²) in [4.78, 5) is 16.0. The number of rotatable bonds is 7. The molecule has 2 heterocycles. The molecule has 0 aliphatic heterocycles.